The lowest BCUT2D eigenvalue weighted by molar-refractivity contribution is 0.222. The van der Waals surface area contributed by atoms with Crippen molar-refractivity contribution >= 4 is 0 Å². The Morgan fingerprint density at radius 2 is 1.25 bits per heavy atom. The summed E-state index contributed by atoms with van der Waals surface area (Å²) in [6.07, 6.45) is 6.70. The summed E-state index contributed by atoms with van der Waals surface area (Å²) in [5, 5.41) is 8.42. The van der Waals surface area contributed by atoms with Crippen LogP contribution >= 0.6 is 0 Å². The predicted molar refractivity (Wildman–Crippen MR) is 76.0 cm³/mol. The Balaban J connectivity index is -0.000000188. The zero-order valence-corrected chi connectivity index (χ0v) is 12.6. The molecular weight excluding hydrogens is 198 g/mol. The Kier molecular flexibility index (Phi) is 32.2. The van der Waals surface area contributed by atoms with Crippen molar-refractivity contribution in [2.24, 2.45) is 0 Å². The average molecular weight is 233 g/mol. The molecule has 102 valence electrons. The van der Waals surface area contributed by atoms with Crippen LogP contribution in [0.1, 0.15) is 66.7 Å². The molecule has 16 heavy (non-hydrogen) atoms. The van der Waals surface area contributed by atoms with Crippen molar-refractivity contribution < 1.29 is 5.11 Å². The molecule has 0 aliphatic rings. The summed E-state index contributed by atoms with van der Waals surface area (Å²) in [6, 6.07) is 0. The van der Waals surface area contributed by atoms with E-state index in [1.807, 2.05) is 20.9 Å². The van der Waals surface area contributed by atoms with E-state index in [0.29, 0.717) is 0 Å². The maximum absolute atomic E-state index is 8.42. The summed E-state index contributed by atoms with van der Waals surface area (Å²) < 4.78 is 0. The molecule has 1 N–H and O–H groups in total. The van der Waals surface area contributed by atoms with Crippen LogP contribution in [0.15, 0.2) is 0 Å². The SMILES string of the molecule is CC.CCCCCC.CCCN(C)CCO. The number of aliphatic hydroxyl groups excluding tert-OH is 1. The fourth-order valence-electron chi connectivity index (χ4n) is 1.16. The molecule has 0 atom stereocenters. The molecule has 2 heteroatoms. The molecule has 0 bridgehead atoms. The lowest BCUT2D eigenvalue weighted by Gasteiger charge is -2.12. The molecule has 0 aliphatic carbocycles. The van der Waals surface area contributed by atoms with E-state index in [2.05, 4.69) is 25.7 Å². The number of likely N-dealkylation sites (N-methyl/N-ethyl adjacent to an activating group) is 1. The molecule has 0 aromatic carbocycles. The topological polar surface area (TPSA) is 23.5 Å². The molecule has 0 amide bonds. The Hall–Kier alpha value is -0.0800. The van der Waals surface area contributed by atoms with Gasteiger partial charge in [0.05, 0.1) is 6.61 Å². The molecule has 0 unspecified atom stereocenters. The van der Waals surface area contributed by atoms with Gasteiger partial charge >= 0.3 is 0 Å². The molecule has 0 fully saturated rings. The second-order valence-electron chi connectivity index (χ2n) is 3.73. The molecule has 0 spiro atoms. The lowest BCUT2D eigenvalue weighted by atomic mass is 10.2. The number of rotatable bonds is 7. The maximum Gasteiger partial charge on any atom is 0.0558 e. The highest BCUT2D eigenvalue weighted by molar-refractivity contribution is 4.45. The van der Waals surface area contributed by atoms with Crippen LogP contribution in [0.3, 0.4) is 0 Å². The minimum Gasteiger partial charge on any atom is -0.395 e. The van der Waals surface area contributed by atoms with Gasteiger partial charge in [0, 0.05) is 6.54 Å². The highest BCUT2D eigenvalue weighted by Crippen LogP contribution is 1.95. The molecule has 2 nitrogen and oxygen atoms in total. The van der Waals surface area contributed by atoms with Crippen molar-refractivity contribution in [1.29, 1.82) is 0 Å². The van der Waals surface area contributed by atoms with Crippen LogP contribution in [0.2, 0.25) is 0 Å². The number of aliphatic hydroxyl groups is 1. The second-order valence-corrected chi connectivity index (χ2v) is 3.73. The second kappa shape index (κ2) is 24.2. The van der Waals surface area contributed by atoms with E-state index in [9.17, 15) is 0 Å². The molecule has 0 aliphatic heterocycles. The van der Waals surface area contributed by atoms with Crippen molar-refractivity contribution in [3.05, 3.63) is 0 Å². The fourth-order valence-corrected chi connectivity index (χ4v) is 1.16. The third kappa shape index (κ3) is 29.2. The average Bonchev–Trinajstić information content (AvgIpc) is 2.30. The van der Waals surface area contributed by atoms with Gasteiger partial charge in [-0.25, -0.2) is 0 Å². The van der Waals surface area contributed by atoms with E-state index < -0.39 is 0 Å². The van der Waals surface area contributed by atoms with E-state index in [4.69, 9.17) is 5.11 Å². The molecule has 0 saturated carbocycles. The van der Waals surface area contributed by atoms with Crippen LogP contribution in [0, 0.1) is 0 Å². The van der Waals surface area contributed by atoms with Crippen molar-refractivity contribution in [3.63, 3.8) is 0 Å². The third-order valence-electron chi connectivity index (χ3n) is 2.04. The van der Waals surface area contributed by atoms with Gasteiger partial charge in [-0.2, -0.15) is 0 Å². The van der Waals surface area contributed by atoms with Crippen LogP contribution in [0.5, 0.6) is 0 Å². The van der Waals surface area contributed by atoms with Crippen LogP contribution < -0.4 is 0 Å². The molecule has 0 rings (SSSR count). The van der Waals surface area contributed by atoms with Crippen LogP contribution in [0.4, 0.5) is 0 Å². The van der Waals surface area contributed by atoms with Gasteiger partial charge in [-0.15, -0.1) is 0 Å². The normalized spacial score (nSPS) is 9.00. The standard InChI is InChI=1S/C6H15NO.C6H14.C2H6/c1-3-4-7(2)5-6-8;1-3-5-6-4-2;1-2/h8H,3-6H2,1-2H3;3-6H2,1-2H3;1-2H3. The molecule has 0 heterocycles. The summed E-state index contributed by atoms with van der Waals surface area (Å²) in [5.41, 5.74) is 0. The van der Waals surface area contributed by atoms with E-state index in [1.54, 1.807) is 0 Å². The van der Waals surface area contributed by atoms with Crippen molar-refractivity contribution in [2.75, 3.05) is 26.7 Å². The summed E-state index contributed by atoms with van der Waals surface area (Å²) in [7, 11) is 2.01. The van der Waals surface area contributed by atoms with E-state index >= 15 is 0 Å². The highest BCUT2D eigenvalue weighted by Gasteiger charge is 1.91. The summed E-state index contributed by atoms with van der Waals surface area (Å²) in [5.74, 6) is 0. The van der Waals surface area contributed by atoms with Crippen molar-refractivity contribution in [3.8, 4) is 0 Å². The summed E-state index contributed by atoms with van der Waals surface area (Å²) in [4.78, 5) is 2.11. The molecule has 0 aromatic heterocycles. The van der Waals surface area contributed by atoms with Gasteiger partial charge in [-0.3, -0.25) is 0 Å². The van der Waals surface area contributed by atoms with Gasteiger partial charge in [0.25, 0.3) is 0 Å². The highest BCUT2D eigenvalue weighted by atomic mass is 16.3. The van der Waals surface area contributed by atoms with Gasteiger partial charge < -0.3 is 10.0 Å². The van der Waals surface area contributed by atoms with Crippen LogP contribution in [-0.4, -0.2) is 36.8 Å². The first-order valence-corrected chi connectivity index (χ1v) is 7.02. The first-order chi connectivity index (χ1) is 7.72. The molecule has 0 radical (unpaired) electrons. The zero-order valence-electron chi connectivity index (χ0n) is 12.6. The summed E-state index contributed by atoms with van der Waals surface area (Å²) >= 11 is 0. The Bertz CT molecular complexity index is 76.8. The van der Waals surface area contributed by atoms with E-state index in [1.165, 1.54) is 25.7 Å². The predicted octanol–water partition coefficient (Wildman–Crippen LogP) is 3.93. The minimum absolute atomic E-state index is 0.274. The van der Waals surface area contributed by atoms with Gasteiger partial charge in [0.15, 0.2) is 0 Å². The van der Waals surface area contributed by atoms with Crippen LogP contribution in [-0.2, 0) is 0 Å². The quantitative estimate of drug-likeness (QED) is 0.673. The Morgan fingerprint density at radius 1 is 0.812 bits per heavy atom. The maximum atomic E-state index is 8.42. The monoisotopic (exact) mass is 233 g/mol. The largest absolute Gasteiger partial charge is 0.395 e. The van der Waals surface area contributed by atoms with Gasteiger partial charge in [0.2, 0.25) is 0 Å². The Morgan fingerprint density at radius 3 is 1.50 bits per heavy atom. The van der Waals surface area contributed by atoms with Gasteiger partial charge in [-0.05, 0) is 20.0 Å². The molecule has 0 saturated heterocycles. The number of unbranched alkanes of at least 4 members (excludes halogenated alkanes) is 3. The minimum atomic E-state index is 0.274. The number of nitrogens with zero attached hydrogens (tertiary/aromatic N) is 1. The lowest BCUT2D eigenvalue weighted by Crippen LogP contribution is -2.22. The fraction of sp³-hybridized carbons (Fsp3) is 1.00. The number of hydrogen-bond donors (Lipinski definition) is 1. The third-order valence-corrected chi connectivity index (χ3v) is 2.04. The van der Waals surface area contributed by atoms with E-state index in [-0.39, 0.29) is 6.61 Å². The van der Waals surface area contributed by atoms with Crippen molar-refractivity contribution in [1.82, 2.24) is 4.90 Å². The zero-order chi connectivity index (χ0) is 13.2. The summed E-state index contributed by atoms with van der Waals surface area (Å²) in [6.45, 7) is 12.8. The van der Waals surface area contributed by atoms with Crippen LogP contribution in [0.25, 0.3) is 0 Å². The molecule has 0 aromatic rings. The Labute approximate surface area is 104 Å². The molecular formula is C14H35NO. The van der Waals surface area contributed by atoms with E-state index in [0.717, 1.165) is 19.5 Å². The smallest absolute Gasteiger partial charge is 0.0558 e. The first kappa shape index (κ1) is 21.2. The first-order valence-electron chi connectivity index (χ1n) is 7.02. The van der Waals surface area contributed by atoms with Crippen molar-refractivity contribution in [2.45, 2.75) is 66.7 Å². The van der Waals surface area contributed by atoms with Gasteiger partial charge in [0.1, 0.15) is 0 Å². The van der Waals surface area contributed by atoms with Gasteiger partial charge in [-0.1, -0.05) is 60.3 Å². The number of hydrogen-bond acceptors (Lipinski definition) is 2.